The fourth-order valence-corrected chi connectivity index (χ4v) is 0.677. The Morgan fingerprint density at radius 3 is 2.82 bits per heavy atom. The van der Waals surface area contributed by atoms with Gasteiger partial charge in [0.1, 0.15) is 0 Å². The van der Waals surface area contributed by atoms with Gasteiger partial charge in [0.15, 0.2) is 11.4 Å². The van der Waals surface area contributed by atoms with Crippen LogP contribution in [-0.2, 0) is 14.3 Å². The molecule has 0 saturated carbocycles. The van der Waals surface area contributed by atoms with E-state index >= 15 is 0 Å². The fraction of sp³-hybridized carbons (Fsp3) is 0.571. The molecule has 0 rings (SSSR count). The van der Waals surface area contributed by atoms with Gasteiger partial charge >= 0.3 is 0 Å². The minimum absolute atomic E-state index is 0.160. The third kappa shape index (κ3) is 6.09. The molecule has 0 aliphatic rings. The van der Waals surface area contributed by atoms with Crippen LogP contribution in [0, 0.1) is 0 Å². The molecule has 1 atom stereocenters. The Hall–Kier alpha value is -0.320. The molecule has 0 spiro atoms. The van der Waals surface area contributed by atoms with Crippen LogP contribution in [0.2, 0.25) is 0 Å². The lowest BCUT2D eigenvalue weighted by molar-refractivity contribution is -0.135. The molecule has 0 heterocycles. The highest BCUT2D eigenvalue weighted by Crippen LogP contribution is 2.01. The zero-order chi connectivity index (χ0) is 8.69. The maximum absolute atomic E-state index is 10.5. The SMILES string of the molecule is C=CCOC(CC(=O)S)OC. The van der Waals surface area contributed by atoms with Crippen LogP contribution < -0.4 is 0 Å². The van der Waals surface area contributed by atoms with Gasteiger partial charge in [-0.25, -0.2) is 0 Å². The van der Waals surface area contributed by atoms with E-state index in [1.807, 2.05) is 0 Å². The Morgan fingerprint density at radius 2 is 2.45 bits per heavy atom. The summed E-state index contributed by atoms with van der Waals surface area (Å²) in [6.45, 7) is 3.84. The molecule has 4 heteroatoms. The molecule has 11 heavy (non-hydrogen) atoms. The zero-order valence-electron chi connectivity index (χ0n) is 6.45. The predicted molar refractivity (Wildman–Crippen MR) is 45.6 cm³/mol. The van der Waals surface area contributed by atoms with Crippen molar-refractivity contribution >= 4 is 17.7 Å². The molecular formula is C7H12O3S. The average Bonchev–Trinajstić information content (AvgIpc) is 1.97. The van der Waals surface area contributed by atoms with Crippen LogP contribution in [0.5, 0.6) is 0 Å². The second-order valence-electron chi connectivity index (χ2n) is 1.89. The van der Waals surface area contributed by atoms with Gasteiger partial charge in [-0.2, -0.15) is 0 Å². The predicted octanol–water partition coefficient (Wildman–Crippen LogP) is 1.01. The molecule has 0 saturated heterocycles. The molecule has 0 aromatic rings. The summed E-state index contributed by atoms with van der Waals surface area (Å²) in [5.41, 5.74) is 0. The van der Waals surface area contributed by atoms with E-state index in [1.54, 1.807) is 6.08 Å². The zero-order valence-corrected chi connectivity index (χ0v) is 7.34. The maximum Gasteiger partial charge on any atom is 0.190 e. The maximum atomic E-state index is 10.5. The van der Waals surface area contributed by atoms with Gasteiger partial charge in [0.25, 0.3) is 0 Å². The van der Waals surface area contributed by atoms with E-state index < -0.39 is 6.29 Å². The average molecular weight is 176 g/mol. The number of carbonyl (C=O) groups excluding carboxylic acids is 1. The molecular weight excluding hydrogens is 164 g/mol. The minimum Gasteiger partial charge on any atom is -0.355 e. The summed E-state index contributed by atoms with van der Waals surface area (Å²) in [6.07, 6.45) is 1.25. The highest BCUT2D eigenvalue weighted by molar-refractivity contribution is 7.96. The number of methoxy groups -OCH3 is 1. The van der Waals surface area contributed by atoms with Crippen molar-refractivity contribution in [3.05, 3.63) is 12.7 Å². The lowest BCUT2D eigenvalue weighted by Gasteiger charge is -2.12. The normalized spacial score (nSPS) is 12.5. The summed E-state index contributed by atoms with van der Waals surface area (Å²) in [5, 5.41) is -0.249. The Morgan fingerprint density at radius 1 is 1.82 bits per heavy atom. The third-order valence-electron chi connectivity index (χ3n) is 1.00. The molecule has 0 aromatic heterocycles. The number of hydrogen-bond acceptors (Lipinski definition) is 3. The lowest BCUT2D eigenvalue weighted by atomic mass is 10.4. The van der Waals surface area contributed by atoms with Crippen LogP contribution in [0.4, 0.5) is 0 Å². The van der Waals surface area contributed by atoms with Crippen molar-refractivity contribution in [2.24, 2.45) is 0 Å². The number of ether oxygens (including phenoxy) is 2. The topological polar surface area (TPSA) is 35.5 Å². The number of carbonyl (C=O) groups is 1. The summed E-state index contributed by atoms with van der Waals surface area (Å²) in [4.78, 5) is 10.5. The van der Waals surface area contributed by atoms with Crippen LogP contribution in [0.3, 0.4) is 0 Å². The van der Waals surface area contributed by atoms with Gasteiger partial charge in [-0.3, -0.25) is 4.79 Å². The van der Waals surface area contributed by atoms with Crippen molar-refractivity contribution in [3.63, 3.8) is 0 Å². The van der Waals surface area contributed by atoms with E-state index in [9.17, 15) is 4.79 Å². The van der Waals surface area contributed by atoms with Gasteiger partial charge in [-0.05, 0) is 0 Å². The summed E-state index contributed by atoms with van der Waals surface area (Å²) in [7, 11) is 1.48. The van der Waals surface area contributed by atoms with E-state index in [0.717, 1.165) is 0 Å². The van der Waals surface area contributed by atoms with Crippen molar-refractivity contribution in [1.82, 2.24) is 0 Å². The van der Waals surface area contributed by atoms with E-state index in [2.05, 4.69) is 19.2 Å². The van der Waals surface area contributed by atoms with E-state index in [0.29, 0.717) is 6.61 Å². The van der Waals surface area contributed by atoms with Crippen molar-refractivity contribution in [1.29, 1.82) is 0 Å². The standard InChI is InChI=1S/C7H12O3S/c1-3-4-10-7(9-2)5-6(8)11/h3,7H,1,4-5H2,2H3,(H,8,11). The third-order valence-corrected chi connectivity index (χ3v) is 1.19. The van der Waals surface area contributed by atoms with E-state index in [1.165, 1.54) is 7.11 Å². The smallest absolute Gasteiger partial charge is 0.190 e. The highest BCUT2D eigenvalue weighted by atomic mass is 32.1. The largest absolute Gasteiger partial charge is 0.355 e. The first-order valence-corrected chi connectivity index (χ1v) is 3.62. The molecule has 0 aliphatic carbocycles. The molecule has 3 nitrogen and oxygen atoms in total. The van der Waals surface area contributed by atoms with Crippen LogP contribution >= 0.6 is 12.6 Å². The molecule has 0 aliphatic heterocycles. The number of thiol groups is 1. The summed E-state index contributed by atoms with van der Waals surface area (Å²) < 4.78 is 9.86. The summed E-state index contributed by atoms with van der Waals surface area (Å²) in [5.74, 6) is 0. The second kappa shape index (κ2) is 6.39. The van der Waals surface area contributed by atoms with Crippen LogP contribution in [0.1, 0.15) is 6.42 Å². The first-order valence-electron chi connectivity index (χ1n) is 3.17. The molecule has 1 unspecified atom stereocenters. The van der Waals surface area contributed by atoms with Crippen molar-refractivity contribution in [3.8, 4) is 0 Å². The highest BCUT2D eigenvalue weighted by Gasteiger charge is 2.09. The Bertz CT molecular complexity index is 136. The lowest BCUT2D eigenvalue weighted by Crippen LogP contribution is -2.17. The van der Waals surface area contributed by atoms with Crippen molar-refractivity contribution in [2.45, 2.75) is 12.7 Å². The molecule has 0 aromatic carbocycles. The van der Waals surface area contributed by atoms with Gasteiger partial charge < -0.3 is 9.47 Å². The van der Waals surface area contributed by atoms with Crippen molar-refractivity contribution in [2.75, 3.05) is 13.7 Å². The van der Waals surface area contributed by atoms with Gasteiger partial charge in [0.05, 0.1) is 13.0 Å². The number of rotatable bonds is 6. The van der Waals surface area contributed by atoms with Crippen LogP contribution in [0.25, 0.3) is 0 Å². The number of hydrogen-bond donors (Lipinski definition) is 1. The molecule has 0 fully saturated rings. The molecule has 0 radical (unpaired) electrons. The Labute approximate surface area is 71.8 Å². The van der Waals surface area contributed by atoms with Gasteiger partial charge in [0, 0.05) is 7.11 Å². The first-order chi connectivity index (χ1) is 5.20. The summed E-state index contributed by atoms with van der Waals surface area (Å²) >= 11 is 3.59. The van der Waals surface area contributed by atoms with E-state index in [4.69, 9.17) is 9.47 Å². The van der Waals surface area contributed by atoms with Crippen LogP contribution in [0.15, 0.2) is 12.7 Å². The monoisotopic (exact) mass is 176 g/mol. The summed E-state index contributed by atoms with van der Waals surface area (Å²) in [6, 6.07) is 0. The quantitative estimate of drug-likeness (QED) is 0.372. The molecule has 0 bridgehead atoms. The Kier molecular flexibility index (Phi) is 6.21. The minimum atomic E-state index is -0.502. The molecule has 0 amide bonds. The first kappa shape index (κ1) is 10.7. The van der Waals surface area contributed by atoms with Crippen LogP contribution in [-0.4, -0.2) is 25.1 Å². The Balaban J connectivity index is 3.57. The van der Waals surface area contributed by atoms with Gasteiger partial charge in [-0.15, -0.1) is 19.2 Å². The van der Waals surface area contributed by atoms with Crippen molar-refractivity contribution < 1.29 is 14.3 Å². The molecule has 0 N–H and O–H groups in total. The molecule has 64 valence electrons. The second-order valence-corrected chi connectivity index (χ2v) is 2.38. The fourth-order valence-electron chi connectivity index (χ4n) is 0.528. The van der Waals surface area contributed by atoms with E-state index in [-0.39, 0.29) is 11.5 Å². The van der Waals surface area contributed by atoms with Gasteiger partial charge in [0.2, 0.25) is 0 Å². The van der Waals surface area contributed by atoms with Gasteiger partial charge in [-0.1, -0.05) is 6.08 Å².